The standard InChI is InChI=1S/C16H28O2/c1-3-4-5-6-7-8-9-10-11-12-13-14-15-18-16(2)17/h7-8,10-11H,3-6,9,12-15H2,1-2H3. The maximum Gasteiger partial charge on any atom is 0.302 e. The van der Waals surface area contributed by atoms with Gasteiger partial charge in [-0.25, -0.2) is 0 Å². The fourth-order valence-corrected chi connectivity index (χ4v) is 1.60. The van der Waals surface area contributed by atoms with Crippen LogP contribution in [0.3, 0.4) is 0 Å². The van der Waals surface area contributed by atoms with Gasteiger partial charge in [0.1, 0.15) is 0 Å². The Bertz CT molecular complexity index is 241. The van der Waals surface area contributed by atoms with Crippen LogP contribution in [0.1, 0.15) is 65.2 Å². The Morgan fingerprint density at radius 3 is 2.11 bits per heavy atom. The summed E-state index contributed by atoms with van der Waals surface area (Å²) in [4.78, 5) is 10.5. The number of rotatable bonds is 11. The number of ether oxygens (including phenoxy) is 1. The maximum atomic E-state index is 10.5. The third kappa shape index (κ3) is 14.9. The lowest BCUT2D eigenvalue weighted by Gasteiger charge is -1.99. The summed E-state index contributed by atoms with van der Waals surface area (Å²) in [5, 5.41) is 0. The second-order valence-electron chi connectivity index (χ2n) is 4.51. The van der Waals surface area contributed by atoms with Gasteiger partial charge in [0.05, 0.1) is 6.61 Å². The first-order valence-electron chi connectivity index (χ1n) is 7.20. The van der Waals surface area contributed by atoms with Gasteiger partial charge in [0.25, 0.3) is 0 Å². The molecule has 0 N–H and O–H groups in total. The minimum absolute atomic E-state index is 0.182. The number of hydrogen-bond acceptors (Lipinski definition) is 2. The molecule has 0 aromatic heterocycles. The van der Waals surface area contributed by atoms with Gasteiger partial charge in [-0.05, 0) is 38.5 Å². The number of esters is 1. The summed E-state index contributed by atoms with van der Waals surface area (Å²) in [6, 6.07) is 0. The number of unbranched alkanes of at least 4 members (excludes halogenated alkanes) is 5. The zero-order valence-electron chi connectivity index (χ0n) is 12.0. The van der Waals surface area contributed by atoms with E-state index in [-0.39, 0.29) is 5.97 Å². The Kier molecular flexibility index (Phi) is 13.2. The molecule has 18 heavy (non-hydrogen) atoms. The van der Waals surface area contributed by atoms with E-state index in [1.165, 1.54) is 32.6 Å². The van der Waals surface area contributed by atoms with Crippen LogP contribution in [0, 0.1) is 0 Å². The average molecular weight is 252 g/mol. The van der Waals surface area contributed by atoms with Crippen LogP contribution >= 0.6 is 0 Å². The third-order valence-corrected chi connectivity index (χ3v) is 2.65. The molecule has 0 aliphatic rings. The molecule has 0 saturated carbocycles. The van der Waals surface area contributed by atoms with Crippen molar-refractivity contribution < 1.29 is 9.53 Å². The second-order valence-corrected chi connectivity index (χ2v) is 4.51. The lowest BCUT2D eigenvalue weighted by Crippen LogP contribution is -1.99. The van der Waals surface area contributed by atoms with Gasteiger partial charge in [0.2, 0.25) is 0 Å². The molecule has 0 aromatic carbocycles. The topological polar surface area (TPSA) is 26.3 Å². The van der Waals surface area contributed by atoms with Crippen molar-refractivity contribution in [3.8, 4) is 0 Å². The monoisotopic (exact) mass is 252 g/mol. The first-order chi connectivity index (χ1) is 8.77. The van der Waals surface area contributed by atoms with E-state index in [0.717, 1.165) is 25.7 Å². The fraction of sp³-hybridized carbons (Fsp3) is 0.688. The minimum atomic E-state index is -0.182. The van der Waals surface area contributed by atoms with Crippen molar-refractivity contribution in [1.82, 2.24) is 0 Å². The van der Waals surface area contributed by atoms with Gasteiger partial charge in [-0.1, -0.05) is 44.1 Å². The minimum Gasteiger partial charge on any atom is -0.466 e. The molecule has 0 aromatic rings. The van der Waals surface area contributed by atoms with Gasteiger partial charge in [0.15, 0.2) is 0 Å². The van der Waals surface area contributed by atoms with Crippen molar-refractivity contribution in [3.63, 3.8) is 0 Å². The van der Waals surface area contributed by atoms with Crippen LogP contribution in [0.5, 0.6) is 0 Å². The van der Waals surface area contributed by atoms with Gasteiger partial charge in [-0.2, -0.15) is 0 Å². The van der Waals surface area contributed by atoms with Gasteiger partial charge in [-0.15, -0.1) is 0 Å². The molecule has 0 radical (unpaired) electrons. The average Bonchev–Trinajstić information content (AvgIpc) is 2.34. The summed E-state index contributed by atoms with van der Waals surface area (Å²) in [6.45, 7) is 4.24. The van der Waals surface area contributed by atoms with Crippen LogP contribution in [0.25, 0.3) is 0 Å². The van der Waals surface area contributed by atoms with E-state index in [1.54, 1.807) is 0 Å². The SMILES string of the molecule is CCCCCC=CCC=CCCCCOC(C)=O. The second kappa shape index (κ2) is 14.0. The predicted octanol–water partition coefficient (Wildman–Crippen LogP) is 4.80. The van der Waals surface area contributed by atoms with Crippen LogP contribution in [0.2, 0.25) is 0 Å². The highest BCUT2D eigenvalue weighted by molar-refractivity contribution is 5.65. The zero-order chi connectivity index (χ0) is 13.5. The molecule has 0 aliphatic carbocycles. The normalized spacial score (nSPS) is 11.4. The Hall–Kier alpha value is -1.05. The van der Waals surface area contributed by atoms with E-state index in [0.29, 0.717) is 6.61 Å². The number of carbonyl (C=O) groups is 1. The summed E-state index contributed by atoms with van der Waals surface area (Å²) in [5.74, 6) is -0.182. The van der Waals surface area contributed by atoms with Crippen molar-refractivity contribution in [2.75, 3.05) is 6.61 Å². The Labute approximate surface area is 112 Å². The highest BCUT2D eigenvalue weighted by Crippen LogP contribution is 2.01. The Morgan fingerprint density at radius 2 is 1.56 bits per heavy atom. The maximum absolute atomic E-state index is 10.5. The number of hydrogen-bond donors (Lipinski definition) is 0. The van der Waals surface area contributed by atoms with Crippen LogP contribution in [-0.4, -0.2) is 12.6 Å². The predicted molar refractivity (Wildman–Crippen MR) is 77.5 cm³/mol. The zero-order valence-corrected chi connectivity index (χ0v) is 12.0. The molecule has 0 rings (SSSR count). The fourth-order valence-electron chi connectivity index (χ4n) is 1.60. The molecule has 0 bridgehead atoms. The van der Waals surface area contributed by atoms with Crippen molar-refractivity contribution in [1.29, 1.82) is 0 Å². The van der Waals surface area contributed by atoms with Crippen LogP contribution in [0.4, 0.5) is 0 Å². The molecule has 0 amide bonds. The Morgan fingerprint density at radius 1 is 0.944 bits per heavy atom. The van der Waals surface area contributed by atoms with Crippen LogP contribution in [-0.2, 0) is 9.53 Å². The summed E-state index contributed by atoms with van der Waals surface area (Å²) < 4.78 is 4.86. The van der Waals surface area contributed by atoms with Crippen LogP contribution in [0.15, 0.2) is 24.3 Å². The van der Waals surface area contributed by atoms with E-state index in [9.17, 15) is 4.79 Å². The molecule has 0 spiro atoms. The number of allylic oxidation sites excluding steroid dienone is 4. The quantitative estimate of drug-likeness (QED) is 0.300. The lowest BCUT2D eigenvalue weighted by atomic mass is 10.2. The molecule has 0 fully saturated rings. The van der Waals surface area contributed by atoms with E-state index in [4.69, 9.17) is 4.74 Å². The molecule has 0 atom stereocenters. The van der Waals surface area contributed by atoms with Gasteiger partial charge in [0, 0.05) is 6.92 Å². The van der Waals surface area contributed by atoms with Crippen molar-refractivity contribution >= 4 is 5.97 Å². The summed E-state index contributed by atoms with van der Waals surface area (Å²) in [7, 11) is 0. The van der Waals surface area contributed by atoms with Crippen molar-refractivity contribution in [2.45, 2.75) is 65.2 Å². The molecule has 2 heteroatoms. The molecule has 0 heterocycles. The molecule has 2 nitrogen and oxygen atoms in total. The van der Waals surface area contributed by atoms with Crippen molar-refractivity contribution in [2.24, 2.45) is 0 Å². The van der Waals surface area contributed by atoms with Crippen molar-refractivity contribution in [3.05, 3.63) is 24.3 Å². The molecule has 0 aliphatic heterocycles. The van der Waals surface area contributed by atoms with Gasteiger partial charge >= 0.3 is 5.97 Å². The third-order valence-electron chi connectivity index (χ3n) is 2.65. The largest absolute Gasteiger partial charge is 0.466 e. The highest BCUT2D eigenvalue weighted by Gasteiger charge is 1.91. The lowest BCUT2D eigenvalue weighted by molar-refractivity contribution is -0.141. The highest BCUT2D eigenvalue weighted by atomic mass is 16.5. The molecule has 104 valence electrons. The molecule has 0 saturated heterocycles. The first-order valence-corrected chi connectivity index (χ1v) is 7.20. The number of carbonyl (C=O) groups excluding carboxylic acids is 1. The van der Waals surface area contributed by atoms with E-state index in [1.807, 2.05) is 0 Å². The van der Waals surface area contributed by atoms with Gasteiger partial charge < -0.3 is 4.74 Å². The smallest absolute Gasteiger partial charge is 0.302 e. The van der Waals surface area contributed by atoms with E-state index < -0.39 is 0 Å². The molecular weight excluding hydrogens is 224 g/mol. The molecule has 0 unspecified atom stereocenters. The summed E-state index contributed by atoms with van der Waals surface area (Å²) in [6.07, 6.45) is 18.3. The summed E-state index contributed by atoms with van der Waals surface area (Å²) >= 11 is 0. The first kappa shape index (κ1) is 16.9. The van der Waals surface area contributed by atoms with E-state index in [2.05, 4.69) is 31.2 Å². The van der Waals surface area contributed by atoms with E-state index >= 15 is 0 Å². The molecular formula is C16H28O2. The van der Waals surface area contributed by atoms with Gasteiger partial charge in [-0.3, -0.25) is 4.79 Å². The summed E-state index contributed by atoms with van der Waals surface area (Å²) in [5.41, 5.74) is 0. The van der Waals surface area contributed by atoms with Crippen LogP contribution < -0.4 is 0 Å². The Balaban J connectivity index is 3.20.